The number of carbonyl (C=O) groups excluding carboxylic acids is 2. The first kappa shape index (κ1) is 56.1. The summed E-state index contributed by atoms with van der Waals surface area (Å²) in [5.41, 5.74) is 7.26. The van der Waals surface area contributed by atoms with Gasteiger partial charge in [-0.15, -0.1) is 11.8 Å². The van der Waals surface area contributed by atoms with Crippen LogP contribution in [0.15, 0.2) is 4.99 Å². The van der Waals surface area contributed by atoms with E-state index in [4.69, 9.17) is 49.5 Å². The van der Waals surface area contributed by atoms with Crippen LogP contribution in [-0.2, 0) is 47.5 Å². The van der Waals surface area contributed by atoms with E-state index in [1.165, 1.54) is 18.9 Å². The summed E-state index contributed by atoms with van der Waals surface area (Å²) < 4.78 is 46.6. The highest BCUT2D eigenvalue weighted by Crippen LogP contribution is 2.30. The summed E-state index contributed by atoms with van der Waals surface area (Å²) in [6.07, 6.45) is -15.4. The second kappa shape index (κ2) is 30.3. The summed E-state index contributed by atoms with van der Waals surface area (Å²) in [4.78, 5) is 27.3. The molecule has 0 aliphatic carbocycles. The first-order valence-electron chi connectivity index (χ1n) is 21.1. The second-order valence-electron chi connectivity index (χ2n) is 15.4. The van der Waals surface area contributed by atoms with E-state index < -0.39 is 97.2 Å². The molecule has 0 radical (unpaired) electrons. The van der Waals surface area contributed by atoms with Gasteiger partial charge in [0.1, 0.15) is 78.4 Å². The highest BCUT2D eigenvalue weighted by molar-refractivity contribution is 8.00. The monoisotopic (exact) mass is 965 g/mol. The summed E-state index contributed by atoms with van der Waals surface area (Å²) in [5.74, 6) is 7.63. The number of aliphatic hydroxyl groups excluding tert-OH is 7. The van der Waals surface area contributed by atoms with Gasteiger partial charge in [-0.2, -0.15) is 23.5 Å². The van der Waals surface area contributed by atoms with Crippen molar-refractivity contribution in [2.45, 2.75) is 144 Å². The van der Waals surface area contributed by atoms with Crippen LogP contribution in [0.1, 0.15) is 46.5 Å². The molecule has 0 aromatic carbocycles. The van der Waals surface area contributed by atoms with Crippen molar-refractivity contribution in [3.05, 3.63) is 0 Å². The van der Waals surface area contributed by atoms with Crippen molar-refractivity contribution in [2.75, 3.05) is 75.4 Å². The number of nitrogens with one attached hydrogen (secondary N) is 2. The van der Waals surface area contributed by atoms with Gasteiger partial charge in [0.25, 0.3) is 0 Å². The fourth-order valence-corrected chi connectivity index (χ4v) is 9.03. The fourth-order valence-electron chi connectivity index (χ4n) is 6.47. The molecule has 2 amide bonds. The third-order valence-electron chi connectivity index (χ3n) is 10.1. The summed E-state index contributed by atoms with van der Waals surface area (Å²) in [6, 6.07) is 0. The molecule has 0 aromatic rings. The first-order valence-corrected chi connectivity index (χ1v) is 24.5. The van der Waals surface area contributed by atoms with Gasteiger partial charge in [-0.25, -0.2) is 5.84 Å². The quantitative estimate of drug-likeness (QED) is 0.00878. The molecular formula is C38H71N5O17S3. The molecule has 13 N–H and O–H groups in total. The lowest BCUT2D eigenvalue weighted by Gasteiger charge is -2.44. The van der Waals surface area contributed by atoms with Gasteiger partial charge in [0, 0.05) is 57.8 Å². The normalized spacial score (nSPS) is 34.0. The number of ether oxygens (including phenoxy) is 8. The van der Waals surface area contributed by atoms with Crippen LogP contribution in [-0.4, -0.2) is 226 Å². The smallest absolute Gasteiger partial charge is 0.234 e. The molecule has 3 rings (SSSR count). The number of thioether (sulfide) groups is 3. The Kier molecular flexibility index (Phi) is 27.0. The van der Waals surface area contributed by atoms with Crippen molar-refractivity contribution in [1.29, 1.82) is 0 Å². The van der Waals surface area contributed by atoms with Gasteiger partial charge in [0.2, 0.25) is 11.8 Å². The first-order chi connectivity index (χ1) is 30.1. The number of nitrogens with zero attached hydrogens (tertiary/aromatic N) is 1. The van der Waals surface area contributed by atoms with Crippen molar-refractivity contribution in [3.8, 4) is 0 Å². The van der Waals surface area contributed by atoms with E-state index in [1.54, 1.807) is 30.4 Å². The number of nitrogens with two attached hydrogens (primary N) is 2. The fraction of sp³-hybridized carbons (Fsp3) is 0.921. The van der Waals surface area contributed by atoms with Gasteiger partial charge in [-0.1, -0.05) is 0 Å². The summed E-state index contributed by atoms with van der Waals surface area (Å²) in [7, 11) is 1.38. The molecule has 368 valence electrons. The second-order valence-corrected chi connectivity index (χ2v) is 18.9. The lowest BCUT2D eigenvalue weighted by molar-refractivity contribution is -0.337. The Balaban J connectivity index is 1.42. The summed E-state index contributed by atoms with van der Waals surface area (Å²) in [6.45, 7) is 6.19. The van der Waals surface area contributed by atoms with Crippen LogP contribution in [0.2, 0.25) is 0 Å². The molecule has 3 aliphatic heterocycles. The zero-order valence-electron chi connectivity index (χ0n) is 36.4. The molecule has 12 unspecified atom stereocenters. The minimum atomic E-state index is -1.45. The molecular weight excluding hydrogens is 895 g/mol. The van der Waals surface area contributed by atoms with Gasteiger partial charge in [0.05, 0.1) is 31.2 Å². The number of rotatable bonds is 29. The topological polar surface area (TPSA) is 338 Å². The molecule has 0 bridgehead atoms. The number of hydrogen-bond donors (Lipinski definition) is 11. The summed E-state index contributed by atoms with van der Waals surface area (Å²) >= 11 is 4.38. The standard InChI is InChI=1S/C38H71N5O17S3/c1-20(2)56-17-22-28(47)32(51)35(55-12-6-13-61-15-9-41-24(39)19-63-38-33(52)30(49)27(46)21(3)58-38)37(60-22)57-18-23-29(48)31(50)34(36(53-4)59-23)54-11-5-14-62-16-10-42-25(44)7-8-26(45)43-40/h20-23,27-38,46-52H,5-19,40H2,1-4H3,(H2,39,41)(H,42,44)(H,43,45)/t21?,22?,23?,27?,28-,29+,30?,31?,32?,33?,34?,35?,36?,37?,38+/m1/s1. The maximum atomic E-state index is 11.8. The highest BCUT2D eigenvalue weighted by Gasteiger charge is 2.49. The number of hydrazine groups is 1. The third kappa shape index (κ3) is 19.2. The lowest BCUT2D eigenvalue weighted by Crippen LogP contribution is -2.62. The number of methoxy groups -OCH3 is 1. The highest BCUT2D eigenvalue weighted by atomic mass is 32.2. The van der Waals surface area contributed by atoms with E-state index in [-0.39, 0.29) is 57.0 Å². The van der Waals surface area contributed by atoms with E-state index in [2.05, 4.69) is 10.3 Å². The number of hydrogen-bond acceptors (Lipinski definition) is 22. The third-order valence-corrected chi connectivity index (χ3v) is 13.4. The molecule has 63 heavy (non-hydrogen) atoms. The van der Waals surface area contributed by atoms with Crippen LogP contribution in [0.25, 0.3) is 0 Å². The van der Waals surface area contributed by atoms with Gasteiger partial charge in [-0.3, -0.25) is 20.0 Å². The Morgan fingerprint density at radius 1 is 0.730 bits per heavy atom. The van der Waals surface area contributed by atoms with Crippen molar-refractivity contribution in [3.63, 3.8) is 0 Å². The van der Waals surface area contributed by atoms with E-state index in [0.717, 1.165) is 0 Å². The Hall–Kier alpha value is -1.18. The summed E-state index contributed by atoms with van der Waals surface area (Å²) in [5, 5.41) is 77.0. The maximum Gasteiger partial charge on any atom is 0.234 e. The van der Waals surface area contributed by atoms with Crippen molar-refractivity contribution < 1.29 is 83.2 Å². The van der Waals surface area contributed by atoms with Crippen molar-refractivity contribution in [2.24, 2.45) is 16.6 Å². The molecule has 15 atom stereocenters. The predicted molar refractivity (Wildman–Crippen MR) is 235 cm³/mol. The Bertz CT molecular complexity index is 1340. The molecule has 25 heteroatoms. The van der Waals surface area contributed by atoms with Gasteiger partial charge < -0.3 is 84.7 Å². The lowest BCUT2D eigenvalue weighted by atomic mass is 9.98. The van der Waals surface area contributed by atoms with Crippen LogP contribution >= 0.6 is 35.3 Å². The van der Waals surface area contributed by atoms with Crippen LogP contribution < -0.4 is 22.3 Å². The minimum Gasteiger partial charge on any atom is -0.388 e. The number of aliphatic imine (C=N–C) groups is 1. The van der Waals surface area contributed by atoms with Gasteiger partial charge >= 0.3 is 0 Å². The van der Waals surface area contributed by atoms with Crippen molar-refractivity contribution in [1.82, 2.24) is 10.7 Å². The van der Waals surface area contributed by atoms with Crippen LogP contribution in [0.5, 0.6) is 0 Å². The Morgan fingerprint density at radius 2 is 1.32 bits per heavy atom. The Labute approximate surface area is 381 Å². The van der Waals surface area contributed by atoms with Gasteiger partial charge in [-0.05, 0) is 45.1 Å². The molecule has 0 aromatic heterocycles. The molecule has 3 saturated heterocycles. The molecule has 3 aliphatic rings. The average Bonchev–Trinajstić information content (AvgIpc) is 3.26. The van der Waals surface area contributed by atoms with E-state index in [1.807, 2.05) is 19.3 Å². The number of aliphatic hydroxyl groups is 7. The van der Waals surface area contributed by atoms with E-state index in [0.29, 0.717) is 54.8 Å². The van der Waals surface area contributed by atoms with Crippen molar-refractivity contribution >= 4 is 52.9 Å². The Morgan fingerprint density at radius 3 is 1.94 bits per heavy atom. The molecule has 3 heterocycles. The molecule has 3 fully saturated rings. The van der Waals surface area contributed by atoms with Gasteiger partial charge in [0.15, 0.2) is 12.6 Å². The number of amidine groups is 1. The number of amides is 2. The predicted octanol–water partition coefficient (Wildman–Crippen LogP) is -3.21. The van der Waals surface area contributed by atoms with E-state index in [9.17, 15) is 45.3 Å². The van der Waals surface area contributed by atoms with Crippen LogP contribution in [0, 0.1) is 0 Å². The van der Waals surface area contributed by atoms with Crippen LogP contribution in [0.4, 0.5) is 0 Å². The maximum absolute atomic E-state index is 11.8. The molecule has 0 saturated carbocycles. The van der Waals surface area contributed by atoms with Crippen LogP contribution in [0.3, 0.4) is 0 Å². The minimum absolute atomic E-state index is 0.0111. The molecule has 0 spiro atoms. The van der Waals surface area contributed by atoms with E-state index >= 15 is 0 Å². The number of carbonyl (C=O) groups is 2. The zero-order chi connectivity index (χ0) is 46.5. The SMILES string of the molecule is COC1OC(COC2OC(COC(C)C)[C@@H](O)C(O)C2OCCCSCCN=C(N)CS[C@@H]2OC(C)C(O)C(O)C2O)[C@H](O)C(O)C1OCCCSCCNC(=O)CCC(=O)NN. The average molecular weight is 966 g/mol. The largest absolute Gasteiger partial charge is 0.388 e. The zero-order valence-corrected chi connectivity index (χ0v) is 38.8. The molecule has 22 nitrogen and oxygen atoms in total.